The van der Waals surface area contributed by atoms with E-state index in [0.717, 1.165) is 10.2 Å². The van der Waals surface area contributed by atoms with Crippen molar-refractivity contribution in [2.24, 2.45) is 0 Å². The summed E-state index contributed by atoms with van der Waals surface area (Å²) in [6, 6.07) is 1.96. The van der Waals surface area contributed by atoms with Crippen LogP contribution in [0.15, 0.2) is 16.9 Å². The van der Waals surface area contributed by atoms with Gasteiger partial charge in [-0.1, -0.05) is 0 Å². The average molecular weight is 220 g/mol. The van der Waals surface area contributed by atoms with Crippen molar-refractivity contribution in [3.8, 4) is 0 Å². The van der Waals surface area contributed by atoms with E-state index in [1.807, 2.05) is 13.0 Å². The summed E-state index contributed by atoms with van der Waals surface area (Å²) in [5.41, 5.74) is 2.27. The number of aryl methyl sites for hydroxylation is 1. The van der Waals surface area contributed by atoms with Gasteiger partial charge in [-0.25, -0.2) is 4.98 Å². The first-order valence-electron chi connectivity index (χ1n) is 2.91. The summed E-state index contributed by atoms with van der Waals surface area (Å²) in [7, 11) is 0. The van der Waals surface area contributed by atoms with Crippen molar-refractivity contribution in [1.82, 2.24) is 4.98 Å². The minimum atomic E-state index is 0.534. The van der Waals surface area contributed by atoms with E-state index >= 15 is 0 Å². The maximum Gasteiger partial charge on any atom is 0.106 e. The summed E-state index contributed by atoms with van der Waals surface area (Å²) in [6.07, 6.45) is 1.78. The number of halogens is 2. The molecular weight excluding hydrogens is 213 g/mol. The molecule has 1 nitrogen and oxygen atoms in total. The van der Waals surface area contributed by atoms with E-state index in [9.17, 15) is 0 Å². The van der Waals surface area contributed by atoms with Gasteiger partial charge in [0.05, 0.1) is 0 Å². The van der Waals surface area contributed by atoms with Crippen LogP contribution < -0.4 is 0 Å². The third kappa shape index (κ3) is 1.70. The zero-order chi connectivity index (χ0) is 7.56. The minimum absolute atomic E-state index is 0.534. The van der Waals surface area contributed by atoms with Gasteiger partial charge < -0.3 is 0 Å². The number of rotatable bonds is 1. The fourth-order valence-electron chi connectivity index (χ4n) is 0.690. The van der Waals surface area contributed by atoms with Crippen LogP contribution in [-0.4, -0.2) is 4.98 Å². The monoisotopic (exact) mass is 219 g/mol. The molecule has 1 aromatic heterocycles. The molecule has 1 rings (SSSR count). The Kier molecular flexibility index (Phi) is 2.69. The summed E-state index contributed by atoms with van der Waals surface area (Å²) >= 11 is 8.90. The molecule has 0 bridgehead atoms. The van der Waals surface area contributed by atoms with Crippen molar-refractivity contribution in [3.63, 3.8) is 0 Å². The van der Waals surface area contributed by atoms with Crippen molar-refractivity contribution < 1.29 is 0 Å². The molecule has 0 saturated carbocycles. The van der Waals surface area contributed by atoms with E-state index in [4.69, 9.17) is 11.6 Å². The van der Waals surface area contributed by atoms with Gasteiger partial charge in [0, 0.05) is 12.1 Å². The van der Waals surface area contributed by atoms with Gasteiger partial charge in [-0.15, -0.1) is 11.6 Å². The molecule has 0 amide bonds. The van der Waals surface area contributed by atoms with Gasteiger partial charge in [-0.3, -0.25) is 0 Å². The molecule has 0 aliphatic rings. The van der Waals surface area contributed by atoms with Crippen molar-refractivity contribution in [2.75, 3.05) is 0 Å². The molecule has 0 aliphatic heterocycles. The quantitative estimate of drug-likeness (QED) is 0.524. The molecule has 0 fully saturated rings. The number of pyridine rings is 1. The normalized spacial score (nSPS) is 9.90. The highest BCUT2D eigenvalue weighted by Gasteiger charge is 1.96. The maximum atomic E-state index is 5.63. The molecule has 10 heavy (non-hydrogen) atoms. The standard InChI is InChI=1S/C7H7BrClN/c1-5-2-7(8)10-4-6(5)3-9/h2,4H,3H2,1H3. The van der Waals surface area contributed by atoms with Crippen molar-refractivity contribution in [2.45, 2.75) is 12.8 Å². The first kappa shape index (κ1) is 8.02. The molecular formula is C7H7BrClN. The zero-order valence-corrected chi connectivity index (χ0v) is 7.91. The highest BCUT2D eigenvalue weighted by atomic mass is 79.9. The van der Waals surface area contributed by atoms with E-state index in [0.29, 0.717) is 5.88 Å². The second-order valence-electron chi connectivity index (χ2n) is 2.07. The van der Waals surface area contributed by atoms with Crippen molar-refractivity contribution in [3.05, 3.63) is 28.0 Å². The van der Waals surface area contributed by atoms with Gasteiger partial charge in [0.25, 0.3) is 0 Å². The molecule has 0 unspecified atom stereocenters. The van der Waals surface area contributed by atoms with E-state index in [2.05, 4.69) is 20.9 Å². The third-order valence-corrected chi connectivity index (χ3v) is 2.05. The second kappa shape index (κ2) is 3.35. The lowest BCUT2D eigenvalue weighted by molar-refractivity contribution is 1.17. The van der Waals surface area contributed by atoms with Crippen molar-refractivity contribution in [1.29, 1.82) is 0 Å². The average Bonchev–Trinajstić information content (AvgIpc) is 1.88. The lowest BCUT2D eigenvalue weighted by atomic mass is 10.2. The van der Waals surface area contributed by atoms with Crippen LogP contribution in [0.2, 0.25) is 0 Å². The highest BCUT2D eigenvalue weighted by Crippen LogP contribution is 2.13. The maximum absolute atomic E-state index is 5.63. The summed E-state index contributed by atoms with van der Waals surface area (Å²) in [5, 5.41) is 0. The van der Waals surface area contributed by atoms with Crippen LogP contribution in [0.1, 0.15) is 11.1 Å². The third-order valence-electron chi connectivity index (χ3n) is 1.33. The lowest BCUT2D eigenvalue weighted by Gasteiger charge is -1.99. The Morgan fingerprint density at radius 1 is 1.70 bits per heavy atom. The number of hydrogen-bond donors (Lipinski definition) is 0. The first-order chi connectivity index (χ1) is 4.74. The largest absolute Gasteiger partial charge is 0.249 e. The number of aromatic nitrogens is 1. The van der Waals surface area contributed by atoms with Gasteiger partial charge in [0.2, 0.25) is 0 Å². The van der Waals surface area contributed by atoms with E-state index in [1.54, 1.807) is 6.20 Å². The van der Waals surface area contributed by atoms with Crippen LogP contribution in [0.3, 0.4) is 0 Å². The van der Waals surface area contributed by atoms with Crippen LogP contribution in [-0.2, 0) is 5.88 Å². The predicted molar refractivity (Wildman–Crippen MR) is 46.2 cm³/mol. The van der Waals surface area contributed by atoms with E-state index in [1.165, 1.54) is 5.56 Å². The summed E-state index contributed by atoms with van der Waals surface area (Å²) in [5.74, 6) is 0.534. The summed E-state index contributed by atoms with van der Waals surface area (Å²) in [4.78, 5) is 4.04. The molecule has 0 atom stereocenters. The van der Waals surface area contributed by atoms with Crippen LogP contribution in [0.25, 0.3) is 0 Å². The summed E-state index contributed by atoms with van der Waals surface area (Å²) in [6.45, 7) is 2.02. The first-order valence-corrected chi connectivity index (χ1v) is 4.24. The smallest absolute Gasteiger partial charge is 0.106 e. The molecule has 0 saturated heterocycles. The predicted octanol–water partition coefficient (Wildman–Crippen LogP) is 2.89. The molecule has 54 valence electrons. The van der Waals surface area contributed by atoms with Gasteiger partial charge in [-0.05, 0) is 40.0 Å². The number of nitrogens with zero attached hydrogens (tertiary/aromatic N) is 1. The van der Waals surface area contributed by atoms with Crippen molar-refractivity contribution >= 4 is 27.5 Å². The SMILES string of the molecule is Cc1cc(Br)ncc1CCl. The molecule has 3 heteroatoms. The Hall–Kier alpha value is -0.0800. The molecule has 1 heterocycles. The Morgan fingerprint density at radius 3 is 2.90 bits per heavy atom. The summed E-state index contributed by atoms with van der Waals surface area (Å²) < 4.78 is 0.860. The molecule has 1 aromatic rings. The topological polar surface area (TPSA) is 12.9 Å². The fraction of sp³-hybridized carbons (Fsp3) is 0.286. The minimum Gasteiger partial charge on any atom is -0.249 e. The Morgan fingerprint density at radius 2 is 2.40 bits per heavy atom. The molecule has 0 N–H and O–H groups in total. The van der Waals surface area contributed by atoms with Gasteiger partial charge in [0.1, 0.15) is 4.60 Å². The molecule has 0 radical (unpaired) electrons. The van der Waals surface area contributed by atoms with Gasteiger partial charge in [-0.2, -0.15) is 0 Å². The number of hydrogen-bond acceptors (Lipinski definition) is 1. The highest BCUT2D eigenvalue weighted by molar-refractivity contribution is 9.10. The van der Waals surface area contributed by atoms with Crippen LogP contribution in [0.5, 0.6) is 0 Å². The van der Waals surface area contributed by atoms with Gasteiger partial charge >= 0.3 is 0 Å². The fourth-order valence-corrected chi connectivity index (χ4v) is 1.42. The second-order valence-corrected chi connectivity index (χ2v) is 3.15. The Bertz CT molecular complexity index is 237. The van der Waals surface area contributed by atoms with Crippen LogP contribution in [0, 0.1) is 6.92 Å². The number of alkyl halides is 1. The van der Waals surface area contributed by atoms with Gasteiger partial charge in [0.15, 0.2) is 0 Å². The van der Waals surface area contributed by atoms with E-state index in [-0.39, 0.29) is 0 Å². The van der Waals surface area contributed by atoms with E-state index < -0.39 is 0 Å². The van der Waals surface area contributed by atoms with Crippen LogP contribution >= 0.6 is 27.5 Å². The van der Waals surface area contributed by atoms with Crippen LogP contribution in [0.4, 0.5) is 0 Å². The Labute approximate surface area is 73.6 Å². The molecule has 0 aromatic carbocycles. The Balaban J connectivity index is 3.07. The molecule has 0 aliphatic carbocycles. The molecule has 0 spiro atoms. The zero-order valence-electron chi connectivity index (χ0n) is 5.56. The lowest BCUT2D eigenvalue weighted by Crippen LogP contribution is -1.86.